The average molecular weight is 701 g/mol. The van der Waals surface area contributed by atoms with Crippen molar-refractivity contribution >= 4 is 39.5 Å². The van der Waals surface area contributed by atoms with Crippen molar-refractivity contribution in [2.45, 2.75) is 63.6 Å². The number of ether oxygens (including phenoxy) is 1. The summed E-state index contributed by atoms with van der Waals surface area (Å²) in [6, 6.07) is 6.49. The van der Waals surface area contributed by atoms with Gasteiger partial charge in [0.15, 0.2) is 12.4 Å². The number of alkyl halides is 3. The number of aromatic nitrogens is 4. The van der Waals surface area contributed by atoms with E-state index >= 15 is 0 Å². The van der Waals surface area contributed by atoms with Gasteiger partial charge in [-0.05, 0) is 99.4 Å². The van der Waals surface area contributed by atoms with Crippen LogP contribution in [-0.2, 0) is 4.79 Å². The van der Waals surface area contributed by atoms with Crippen molar-refractivity contribution in [3.05, 3.63) is 48.2 Å². The number of aromatic amines is 1. The highest BCUT2D eigenvalue weighted by atomic mass is 19.4. The van der Waals surface area contributed by atoms with Gasteiger partial charge in [-0.25, -0.2) is 4.98 Å². The fourth-order valence-electron chi connectivity index (χ4n) is 8.82. The summed E-state index contributed by atoms with van der Waals surface area (Å²) in [6.07, 6.45) is 4.46. The van der Waals surface area contributed by atoms with E-state index in [4.69, 9.17) is 14.7 Å². The summed E-state index contributed by atoms with van der Waals surface area (Å²) in [7, 11) is 0. The van der Waals surface area contributed by atoms with Gasteiger partial charge in [-0.15, -0.1) is 0 Å². The zero-order chi connectivity index (χ0) is 35.1. The normalized spacial score (nSPS) is 22.1. The molecule has 4 aromatic rings. The van der Waals surface area contributed by atoms with Gasteiger partial charge in [-0.2, -0.15) is 23.3 Å². The van der Waals surface area contributed by atoms with Gasteiger partial charge in [0.05, 0.1) is 11.7 Å². The van der Waals surface area contributed by atoms with Gasteiger partial charge >= 0.3 is 6.18 Å². The highest BCUT2D eigenvalue weighted by Crippen LogP contribution is 2.53. The van der Waals surface area contributed by atoms with Gasteiger partial charge < -0.3 is 19.4 Å². The molecule has 0 bridgehead atoms. The Labute approximate surface area is 294 Å². The summed E-state index contributed by atoms with van der Waals surface area (Å²) in [5.41, 5.74) is 4.69. The number of hydrogen-bond acceptors (Lipinski definition) is 8. The summed E-state index contributed by atoms with van der Waals surface area (Å²) in [5, 5.41) is 8.91. The van der Waals surface area contributed by atoms with Crippen molar-refractivity contribution in [3.8, 4) is 16.9 Å². The lowest BCUT2D eigenvalue weighted by Gasteiger charge is -2.54. The summed E-state index contributed by atoms with van der Waals surface area (Å²) in [5.74, 6) is 1.60. The molecule has 1 amide bonds. The second kappa shape index (κ2) is 12.1. The van der Waals surface area contributed by atoms with Crippen LogP contribution in [0, 0.1) is 12.3 Å². The molecule has 4 saturated heterocycles. The van der Waals surface area contributed by atoms with Crippen LogP contribution in [0.25, 0.3) is 32.9 Å². The molecule has 10 nitrogen and oxygen atoms in total. The molecule has 1 atom stereocenters. The van der Waals surface area contributed by atoms with Crippen LogP contribution in [0.3, 0.4) is 0 Å². The number of aryl methyl sites for hydroxylation is 1. The lowest BCUT2D eigenvalue weighted by atomic mass is 9.72. The van der Waals surface area contributed by atoms with Gasteiger partial charge in [-0.1, -0.05) is 12.6 Å². The number of amides is 1. The summed E-state index contributed by atoms with van der Waals surface area (Å²) in [6.45, 7) is 10.8. The molecule has 0 unspecified atom stereocenters. The Morgan fingerprint density at radius 3 is 2.51 bits per heavy atom. The Bertz CT molecular complexity index is 2020. The van der Waals surface area contributed by atoms with Gasteiger partial charge in [-0.3, -0.25) is 14.8 Å². The number of H-pyrrole nitrogens is 1. The first-order valence-corrected chi connectivity index (χ1v) is 18.3. The molecular weight excluding hydrogens is 657 g/mol. The molecule has 1 N–H and O–H groups in total. The average Bonchev–Trinajstić information content (AvgIpc) is 3.62. The number of hydrogen-bond donors (Lipinski definition) is 1. The fraction of sp³-hybridized carbons (Fsp3) is 0.526. The molecule has 2 aromatic carbocycles. The van der Waals surface area contributed by atoms with Crippen molar-refractivity contribution in [1.29, 1.82) is 0 Å². The molecule has 4 aliphatic heterocycles. The number of carbonyl (C=O) groups is 1. The molecule has 2 aromatic heterocycles. The van der Waals surface area contributed by atoms with Crippen molar-refractivity contribution in [2.24, 2.45) is 5.41 Å². The SMILES string of the molecule is C=CC(=O)N1CC2(CCN(c3nc(N4CC[C@H](N5CCC5)C4)nc4c(OCC(F)(F)F)c(-c5c(C)ccc6[nH]ncc56)c(C5CC5)cc34)CC2)C1. The number of nitrogens with one attached hydrogen (secondary N) is 1. The smallest absolute Gasteiger partial charge is 0.422 e. The van der Waals surface area contributed by atoms with E-state index in [-0.39, 0.29) is 23.0 Å². The van der Waals surface area contributed by atoms with E-state index in [1.807, 2.05) is 24.0 Å². The summed E-state index contributed by atoms with van der Waals surface area (Å²) in [4.78, 5) is 31.5. The first-order chi connectivity index (χ1) is 24.6. The lowest BCUT2D eigenvalue weighted by molar-refractivity contribution is -0.153. The largest absolute Gasteiger partial charge is 0.481 e. The Hall–Kier alpha value is -4.39. The van der Waals surface area contributed by atoms with Crippen LogP contribution in [0.1, 0.15) is 55.6 Å². The number of carbonyl (C=O) groups excluding carboxylic acids is 1. The molecule has 1 aliphatic carbocycles. The Balaban J connectivity index is 1.21. The number of anilines is 2. The zero-order valence-electron chi connectivity index (χ0n) is 28.9. The number of nitrogens with zero attached hydrogens (tertiary/aromatic N) is 7. The van der Waals surface area contributed by atoms with E-state index in [1.54, 1.807) is 6.20 Å². The van der Waals surface area contributed by atoms with Crippen molar-refractivity contribution < 1.29 is 22.7 Å². The maximum Gasteiger partial charge on any atom is 0.422 e. The first kappa shape index (κ1) is 32.5. The minimum Gasteiger partial charge on any atom is -0.481 e. The Morgan fingerprint density at radius 2 is 1.82 bits per heavy atom. The molecule has 9 rings (SSSR count). The molecule has 1 saturated carbocycles. The van der Waals surface area contributed by atoms with E-state index < -0.39 is 12.8 Å². The van der Waals surface area contributed by atoms with Gasteiger partial charge in [0, 0.05) is 67.1 Å². The third kappa shape index (κ3) is 5.77. The van der Waals surface area contributed by atoms with Crippen LogP contribution < -0.4 is 14.5 Å². The van der Waals surface area contributed by atoms with Crippen LogP contribution in [0.5, 0.6) is 5.75 Å². The number of halogens is 3. The maximum atomic E-state index is 14.1. The quantitative estimate of drug-likeness (QED) is 0.218. The second-order valence-electron chi connectivity index (χ2n) is 15.3. The van der Waals surface area contributed by atoms with Crippen LogP contribution in [-0.4, -0.2) is 107 Å². The van der Waals surface area contributed by atoms with Crippen LogP contribution in [0.4, 0.5) is 24.9 Å². The van der Waals surface area contributed by atoms with E-state index in [1.165, 1.54) is 12.5 Å². The molecule has 268 valence electrons. The van der Waals surface area contributed by atoms with Gasteiger partial charge in [0.2, 0.25) is 11.9 Å². The number of benzene rings is 2. The second-order valence-corrected chi connectivity index (χ2v) is 15.3. The number of rotatable bonds is 8. The fourth-order valence-corrected chi connectivity index (χ4v) is 8.82. The maximum absolute atomic E-state index is 14.1. The molecule has 6 heterocycles. The summed E-state index contributed by atoms with van der Waals surface area (Å²) < 4.78 is 48.2. The standard InChI is InChI=1S/C38H43F3N8O2/c1-3-30(50)49-20-37(21-49)10-15-47(16-11-37)35-27-17-26(24-6-7-24)32(31-23(2)5-8-29-28(31)18-42-45-29)34(51-22-38(39,40)41)33(27)43-36(44-35)48-14-9-25(19-48)46-12-4-13-46/h3,5,8,17-18,24-25H,1,4,6-7,9-16,19-22H2,2H3,(H,42,45)/t25-/m0/s1. The Kier molecular flexibility index (Phi) is 7.71. The van der Waals surface area contributed by atoms with E-state index in [0.29, 0.717) is 23.1 Å². The topological polar surface area (TPSA) is 93.7 Å². The monoisotopic (exact) mass is 700 g/mol. The number of likely N-dealkylation sites (tertiary alicyclic amines) is 2. The number of piperidine rings is 1. The van der Waals surface area contributed by atoms with Crippen LogP contribution in [0.15, 0.2) is 37.1 Å². The minimum absolute atomic E-state index is 0.0345. The molecule has 5 aliphatic rings. The van der Waals surface area contributed by atoms with E-state index in [0.717, 1.165) is 123 Å². The molecular formula is C38H43F3N8O2. The molecule has 13 heteroatoms. The molecule has 0 radical (unpaired) electrons. The van der Waals surface area contributed by atoms with E-state index in [2.05, 4.69) is 37.5 Å². The zero-order valence-corrected chi connectivity index (χ0v) is 28.9. The van der Waals surface area contributed by atoms with Crippen LogP contribution >= 0.6 is 0 Å². The predicted molar refractivity (Wildman–Crippen MR) is 190 cm³/mol. The molecule has 5 fully saturated rings. The van der Waals surface area contributed by atoms with Gasteiger partial charge in [0.25, 0.3) is 0 Å². The minimum atomic E-state index is -4.54. The summed E-state index contributed by atoms with van der Waals surface area (Å²) >= 11 is 0. The third-order valence-electron chi connectivity index (χ3n) is 11.9. The predicted octanol–water partition coefficient (Wildman–Crippen LogP) is 6.20. The first-order valence-electron chi connectivity index (χ1n) is 18.3. The highest BCUT2D eigenvalue weighted by molar-refractivity contribution is 6.06. The lowest BCUT2D eigenvalue weighted by Crippen LogP contribution is -2.61. The highest BCUT2D eigenvalue weighted by Gasteiger charge is 2.47. The Morgan fingerprint density at radius 1 is 1.04 bits per heavy atom. The third-order valence-corrected chi connectivity index (χ3v) is 11.9. The van der Waals surface area contributed by atoms with Crippen LogP contribution in [0.2, 0.25) is 0 Å². The van der Waals surface area contributed by atoms with Gasteiger partial charge in [0.1, 0.15) is 11.3 Å². The van der Waals surface area contributed by atoms with Crippen molar-refractivity contribution in [3.63, 3.8) is 0 Å². The van der Waals surface area contributed by atoms with Crippen molar-refractivity contribution in [2.75, 3.05) is 68.8 Å². The van der Waals surface area contributed by atoms with Crippen molar-refractivity contribution in [1.82, 2.24) is 30.0 Å². The molecule has 51 heavy (non-hydrogen) atoms. The molecule has 1 spiro atoms. The van der Waals surface area contributed by atoms with E-state index in [9.17, 15) is 18.0 Å². The number of fused-ring (bicyclic) bond motifs is 2.